The number of halogens is 1. The van der Waals surface area contributed by atoms with E-state index in [1.54, 1.807) is 30.7 Å². The van der Waals surface area contributed by atoms with E-state index in [9.17, 15) is 9.50 Å². The summed E-state index contributed by atoms with van der Waals surface area (Å²) in [5, 5.41) is 10.3. The highest BCUT2D eigenvalue weighted by Gasteiger charge is 2.22. The van der Waals surface area contributed by atoms with Gasteiger partial charge in [0.25, 0.3) is 0 Å². The van der Waals surface area contributed by atoms with Crippen LogP contribution in [0.2, 0.25) is 0 Å². The van der Waals surface area contributed by atoms with Crippen molar-refractivity contribution in [1.82, 2.24) is 19.5 Å². The van der Waals surface area contributed by atoms with E-state index in [0.29, 0.717) is 22.6 Å². The molecule has 0 aliphatic heterocycles. The van der Waals surface area contributed by atoms with Crippen molar-refractivity contribution < 1.29 is 9.50 Å². The topological polar surface area (TPSA) is 89.9 Å². The number of nitrogen functional groups attached to an aromatic ring is 1. The molecule has 0 saturated heterocycles. The van der Waals surface area contributed by atoms with Gasteiger partial charge >= 0.3 is 0 Å². The molecule has 3 rings (SSSR count). The Morgan fingerprint density at radius 1 is 1.27 bits per heavy atom. The van der Waals surface area contributed by atoms with Crippen LogP contribution in [0, 0.1) is 23.6 Å². The van der Waals surface area contributed by atoms with Crippen molar-refractivity contribution in [3.63, 3.8) is 0 Å². The number of hydrogen-bond acceptors (Lipinski definition) is 5. The van der Waals surface area contributed by atoms with Gasteiger partial charge in [0.1, 0.15) is 17.2 Å². The van der Waals surface area contributed by atoms with E-state index in [2.05, 4.69) is 26.8 Å². The molecular weight excluding hydrogens is 333 g/mol. The minimum atomic E-state index is -1.16. The summed E-state index contributed by atoms with van der Waals surface area (Å²) in [6.07, 6.45) is 0. The van der Waals surface area contributed by atoms with Crippen LogP contribution < -0.4 is 5.73 Å². The van der Waals surface area contributed by atoms with Gasteiger partial charge in [0, 0.05) is 12.6 Å². The maximum absolute atomic E-state index is 13.5. The first-order valence-corrected chi connectivity index (χ1v) is 8.20. The van der Waals surface area contributed by atoms with Gasteiger partial charge in [0.05, 0.1) is 0 Å². The van der Waals surface area contributed by atoms with Gasteiger partial charge in [0.15, 0.2) is 17.0 Å². The summed E-state index contributed by atoms with van der Waals surface area (Å²) in [5.74, 6) is 6.07. The Morgan fingerprint density at radius 3 is 2.65 bits per heavy atom. The van der Waals surface area contributed by atoms with Crippen molar-refractivity contribution in [1.29, 1.82) is 0 Å². The highest BCUT2D eigenvalue weighted by molar-refractivity contribution is 5.85. The first-order chi connectivity index (χ1) is 12.2. The maximum atomic E-state index is 13.5. The normalized spacial score (nSPS) is 13.5. The second-order valence-electron chi connectivity index (χ2n) is 6.66. The molecule has 1 aromatic carbocycles. The number of nitrogens with two attached hydrogens (primary N) is 1. The molecule has 0 aliphatic carbocycles. The van der Waals surface area contributed by atoms with Crippen molar-refractivity contribution in [2.45, 2.75) is 26.4 Å². The Hall–Kier alpha value is -2.98. The first-order valence-electron chi connectivity index (χ1n) is 8.20. The fourth-order valence-electron chi connectivity index (χ4n) is 2.35. The van der Waals surface area contributed by atoms with Crippen LogP contribution in [0.4, 0.5) is 10.2 Å². The standard InChI is InChI=1S/C19H20FN5O/c1-11(2)19(3,26)9-8-14-22-16(21)15-18(23-14)25(4)17(24-15)12-6-5-7-13(20)10-12/h5-7,10-11,26H,1-4H3,(H2,21,22,23). The molecule has 2 heterocycles. The van der Waals surface area contributed by atoms with E-state index in [4.69, 9.17) is 5.73 Å². The molecule has 1 atom stereocenters. The molecule has 3 N–H and O–H groups in total. The van der Waals surface area contributed by atoms with E-state index in [1.807, 2.05) is 13.8 Å². The fourth-order valence-corrected chi connectivity index (χ4v) is 2.35. The fraction of sp³-hybridized carbons (Fsp3) is 0.316. The van der Waals surface area contributed by atoms with Crippen LogP contribution in [-0.2, 0) is 7.05 Å². The molecule has 134 valence electrons. The predicted octanol–water partition coefficient (Wildman–Crippen LogP) is 2.51. The monoisotopic (exact) mass is 353 g/mol. The summed E-state index contributed by atoms with van der Waals surface area (Å²) < 4.78 is 15.2. The van der Waals surface area contributed by atoms with Crippen molar-refractivity contribution in [2.24, 2.45) is 13.0 Å². The lowest BCUT2D eigenvalue weighted by Crippen LogP contribution is -2.28. The Labute approximate surface area is 150 Å². The number of hydrogen-bond donors (Lipinski definition) is 2. The molecule has 26 heavy (non-hydrogen) atoms. The minimum absolute atomic E-state index is 0.0487. The van der Waals surface area contributed by atoms with Crippen LogP contribution in [0.25, 0.3) is 22.6 Å². The van der Waals surface area contributed by atoms with Gasteiger partial charge in [-0.1, -0.05) is 31.9 Å². The quantitative estimate of drug-likeness (QED) is 0.691. The molecule has 0 fully saturated rings. The van der Waals surface area contributed by atoms with E-state index in [-0.39, 0.29) is 23.4 Å². The number of aromatic nitrogens is 4. The van der Waals surface area contributed by atoms with Crippen LogP contribution in [0.15, 0.2) is 24.3 Å². The second kappa shape index (κ2) is 6.39. The zero-order valence-electron chi connectivity index (χ0n) is 15.1. The number of aliphatic hydroxyl groups is 1. The Balaban J connectivity index is 2.12. The molecular formula is C19H20FN5O. The molecule has 0 radical (unpaired) electrons. The molecule has 0 spiro atoms. The lowest BCUT2D eigenvalue weighted by atomic mass is 9.93. The van der Waals surface area contributed by atoms with Gasteiger partial charge in [-0.2, -0.15) is 0 Å². The highest BCUT2D eigenvalue weighted by atomic mass is 19.1. The molecule has 0 bridgehead atoms. The molecule has 2 aromatic heterocycles. The average molecular weight is 353 g/mol. The average Bonchev–Trinajstić information content (AvgIpc) is 2.91. The summed E-state index contributed by atoms with van der Waals surface area (Å²) >= 11 is 0. The summed E-state index contributed by atoms with van der Waals surface area (Å²) in [7, 11) is 1.77. The van der Waals surface area contributed by atoms with Crippen molar-refractivity contribution in [2.75, 3.05) is 5.73 Å². The number of aryl methyl sites for hydroxylation is 1. The minimum Gasteiger partial charge on any atom is -0.382 e. The molecule has 7 heteroatoms. The lowest BCUT2D eigenvalue weighted by Gasteiger charge is -2.20. The Bertz CT molecular complexity index is 1040. The maximum Gasteiger partial charge on any atom is 0.209 e. The third-order valence-corrected chi connectivity index (χ3v) is 4.38. The Kier molecular flexibility index (Phi) is 4.38. The molecule has 3 aromatic rings. The summed E-state index contributed by atoms with van der Waals surface area (Å²) in [6, 6.07) is 6.14. The Morgan fingerprint density at radius 2 is 2.00 bits per heavy atom. The number of benzene rings is 1. The van der Waals surface area contributed by atoms with E-state index < -0.39 is 5.60 Å². The SMILES string of the molecule is CC(C)C(C)(O)C#Cc1nc(N)c2nc(-c3cccc(F)c3)n(C)c2n1. The number of nitrogens with zero attached hydrogens (tertiary/aromatic N) is 4. The van der Waals surface area contributed by atoms with Crippen molar-refractivity contribution >= 4 is 17.0 Å². The van der Waals surface area contributed by atoms with Gasteiger partial charge in [0.2, 0.25) is 5.82 Å². The number of fused-ring (bicyclic) bond motifs is 1. The van der Waals surface area contributed by atoms with E-state index in [0.717, 1.165) is 0 Å². The van der Waals surface area contributed by atoms with Crippen LogP contribution >= 0.6 is 0 Å². The summed E-state index contributed by atoms with van der Waals surface area (Å²) in [4.78, 5) is 13.0. The smallest absolute Gasteiger partial charge is 0.209 e. The molecule has 0 saturated carbocycles. The number of imidazole rings is 1. The van der Waals surface area contributed by atoms with Crippen LogP contribution in [0.3, 0.4) is 0 Å². The molecule has 1 unspecified atom stereocenters. The van der Waals surface area contributed by atoms with E-state index in [1.165, 1.54) is 12.1 Å². The van der Waals surface area contributed by atoms with Crippen molar-refractivity contribution in [3.8, 4) is 23.2 Å². The van der Waals surface area contributed by atoms with Crippen LogP contribution in [0.5, 0.6) is 0 Å². The van der Waals surface area contributed by atoms with Crippen LogP contribution in [0.1, 0.15) is 26.6 Å². The zero-order chi connectivity index (χ0) is 19.1. The third-order valence-electron chi connectivity index (χ3n) is 4.38. The lowest BCUT2D eigenvalue weighted by molar-refractivity contribution is 0.0726. The first kappa shape index (κ1) is 17.8. The summed E-state index contributed by atoms with van der Waals surface area (Å²) in [6.45, 7) is 5.39. The van der Waals surface area contributed by atoms with Gasteiger partial charge in [-0.25, -0.2) is 19.3 Å². The largest absolute Gasteiger partial charge is 0.382 e. The zero-order valence-corrected chi connectivity index (χ0v) is 15.1. The van der Waals surface area contributed by atoms with Gasteiger partial charge in [-0.3, -0.25) is 0 Å². The summed E-state index contributed by atoms with van der Waals surface area (Å²) in [5.41, 5.74) is 6.38. The third kappa shape index (κ3) is 3.24. The number of rotatable bonds is 2. The second-order valence-corrected chi connectivity index (χ2v) is 6.66. The van der Waals surface area contributed by atoms with Gasteiger partial charge in [-0.15, -0.1) is 0 Å². The van der Waals surface area contributed by atoms with E-state index >= 15 is 0 Å². The molecule has 0 aliphatic rings. The van der Waals surface area contributed by atoms with Crippen molar-refractivity contribution in [3.05, 3.63) is 35.9 Å². The molecule has 6 nitrogen and oxygen atoms in total. The van der Waals surface area contributed by atoms with Gasteiger partial charge < -0.3 is 15.4 Å². The predicted molar refractivity (Wildman–Crippen MR) is 98.5 cm³/mol. The number of anilines is 1. The molecule has 0 amide bonds. The van der Waals surface area contributed by atoms with Crippen LogP contribution in [-0.4, -0.2) is 30.2 Å². The van der Waals surface area contributed by atoms with Gasteiger partial charge in [-0.05, 0) is 30.9 Å². The highest BCUT2D eigenvalue weighted by Crippen LogP contribution is 2.25.